The summed E-state index contributed by atoms with van der Waals surface area (Å²) < 4.78 is 19.3. The van der Waals surface area contributed by atoms with E-state index >= 15 is 0 Å². The highest BCUT2D eigenvalue weighted by molar-refractivity contribution is 5.92. The van der Waals surface area contributed by atoms with Crippen molar-refractivity contribution >= 4 is 17.3 Å². The van der Waals surface area contributed by atoms with Crippen molar-refractivity contribution in [3.05, 3.63) is 54.3 Å². The zero-order chi connectivity index (χ0) is 18.5. The number of nitrogens with one attached hydrogen (secondary N) is 1. The van der Waals surface area contributed by atoms with Crippen LogP contribution in [0, 0.1) is 5.82 Å². The van der Waals surface area contributed by atoms with E-state index in [1.165, 1.54) is 12.1 Å². The number of amides is 1. The predicted molar refractivity (Wildman–Crippen MR) is 101 cm³/mol. The standard InChI is InChI=1S/C20H24FN3O2/c1-3-24-13-17(26-19-10-5-4-9-18(19)24)12-23(2)14-20(25)22-16-8-6-7-15(21)11-16/h4-11,17H,3,12-14H2,1-2H3,(H,22,25). The summed E-state index contributed by atoms with van der Waals surface area (Å²) in [6.45, 7) is 4.64. The Morgan fingerprint density at radius 3 is 2.88 bits per heavy atom. The summed E-state index contributed by atoms with van der Waals surface area (Å²) in [5, 5.41) is 2.71. The topological polar surface area (TPSA) is 44.8 Å². The summed E-state index contributed by atoms with van der Waals surface area (Å²) in [5.74, 6) is 0.329. The van der Waals surface area contributed by atoms with Gasteiger partial charge >= 0.3 is 0 Å². The van der Waals surface area contributed by atoms with E-state index in [4.69, 9.17) is 4.74 Å². The number of hydrogen-bond donors (Lipinski definition) is 1. The minimum absolute atomic E-state index is 0.0168. The number of rotatable bonds is 6. The highest BCUT2D eigenvalue weighted by Crippen LogP contribution is 2.32. The van der Waals surface area contributed by atoms with Crippen LogP contribution >= 0.6 is 0 Å². The van der Waals surface area contributed by atoms with Crippen molar-refractivity contribution in [1.29, 1.82) is 0 Å². The molecule has 0 radical (unpaired) electrons. The Bertz CT molecular complexity index is 768. The number of carbonyl (C=O) groups is 1. The molecule has 138 valence electrons. The van der Waals surface area contributed by atoms with E-state index in [2.05, 4.69) is 23.2 Å². The first-order chi connectivity index (χ1) is 12.5. The molecule has 0 bridgehead atoms. The molecule has 1 heterocycles. The number of halogens is 1. The SMILES string of the molecule is CCN1CC(CN(C)CC(=O)Nc2cccc(F)c2)Oc2ccccc21. The minimum Gasteiger partial charge on any atom is -0.485 e. The molecule has 2 aromatic rings. The molecule has 5 nitrogen and oxygen atoms in total. The van der Waals surface area contributed by atoms with Crippen LogP contribution in [0.25, 0.3) is 0 Å². The fourth-order valence-electron chi connectivity index (χ4n) is 3.20. The molecule has 0 fully saturated rings. The summed E-state index contributed by atoms with van der Waals surface area (Å²) >= 11 is 0. The highest BCUT2D eigenvalue weighted by Gasteiger charge is 2.25. The van der Waals surface area contributed by atoms with Crippen LogP contribution in [0.5, 0.6) is 5.75 Å². The molecule has 0 saturated carbocycles. The normalized spacial score (nSPS) is 16.2. The van der Waals surface area contributed by atoms with Crippen LogP contribution < -0.4 is 15.0 Å². The summed E-state index contributed by atoms with van der Waals surface area (Å²) in [6.07, 6.45) is -0.0168. The lowest BCUT2D eigenvalue weighted by atomic mass is 10.2. The van der Waals surface area contributed by atoms with Crippen molar-refractivity contribution < 1.29 is 13.9 Å². The molecule has 26 heavy (non-hydrogen) atoms. The zero-order valence-corrected chi connectivity index (χ0v) is 15.1. The van der Waals surface area contributed by atoms with Gasteiger partial charge in [0.05, 0.1) is 18.8 Å². The van der Waals surface area contributed by atoms with E-state index in [1.54, 1.807) is 12.1 Å². The molecule has 1 unspecified atom stereocenters. The quantitative estimate of drug-likeness (QED) is 0.863. The van der Waals surface area contributed by atoms with Gasteiger partial charge in [0.2, 0.25) is 5.91 Å². The molecule has 3 rings (SSSR count). The molecule has 1 atom stereocenters. The van der Waals surface area contributed by atoms with Gasteiger partial charge in [-0.25, -0.2) is 4.39 Å². The third kappa shape index (κ3) is 4.52. The third-order valence-electron chi connectivity index (χ3n) is 4.34. The lowest BCUT2D eigenvalue weighted by Crippen LogP contribution is -2.46. The lowest BCUT2D eigenvalue weighted by molar-refractivity contribution is -0.117. The Labute approximate surface area is 153 Å². The molecule has 2 aromatic carbocycles. The summed E-state index contributed by atoms with van der Waals surface area (Å²) in [4.78, 5) is 16.4. The van der Waals surface area contributed by atoms with Crippen molar-refractivity contribution in [2.45, 2.75) is 13.0 Å². The van der Waals surface area contributed by atoms with Gasteiger partial charge in [-0.05, 0) is 44.3 Å². The first-order valence-electron chi connectivity index (χ1n) is 8.79. The molecule has 1 aliphatic heterocycles. The average molecular weight is 357 g/mol. The molecule has 0 saturated heterocycles. The minimum atomic E-state index is -0.370. The number of carbonyl (C=O) groups excluding carboxylic acids is 1. The smallest absolute Gasteiger partial charge is 0.238 e. The molecule has 0 aromatic heterocycles. The van der Waals surface area contributed by atoms with Gasteiger partial charge in [0.15, 0.2) is 0 Å². The molecule has 0 aliphatic carbocycles. The molecule has 1 amide bonds. The number of fused-ring (bicyclic) bond motifs is 1. The van der Waals surface area contributed by atoms with Gasteiger partial charge in [0.1, 0.15) is 17.7 Å². The van der Waals surface area contributed by atoms with Crippen molar-refractivity contribution in [3.63, 3.8) is 0 Å². The zero-order valence-electron chi connectivity index (χ0n) is 15.1. The Kier molecular flexibility index (Phi) is 5.73. The fourth-order valence-corrected chi connectivity index (χ4v) is 3.20. The van der Waals surface area contributed by atoms with E-state index in [0.29, 0.717) is 12.2 Å². The van der Waals surface area contributed by atoms with E-state index in [-0.39, 0.29) is 24.4 Å². The number of likely N-dealkylation sites (N-methyl/N-ethyl adjacent to an activating group) is 2. The number of nitrogens with zero attached hydrogens (tertiary/aromatic N) is 2. The number of anilines is 2. The molecule has 0 spiro atoms. The molecular weight excluding hydrogens is 333 g/mol. The van der Waals surface area contributed by atoms with Crippen molar-refractivity contribution in [2.24, 2.45) is 0 Å². The lowest BCUT2D eigenvalue weighted by Gasteiger charge is -2.37. The largest absolute Gasteiger partial charge is 0.485 e. The number of ether oxygens (including phenoxy) is 1. The van der Waals surface area contributed by atoms with Crippen LogP contribution in [0.3, 0.4) is 0 Å². The van der Waals surface area contributed by atoms with Crippen molar-refractivity contribution in [1.82, 2.24) is 4.90 Å². The number of para-hydroxylation sites is 2. The van der Waals surface area contributed by atoms with Gasteiger partial charge in [-0.2, -0.15) is 0 Å². The van der Waals surface area contributed by atoms with E-state index < -0.39 is 0 Å². The van der Waals surface area contributed by atoms with Gasteiger partial charge in [-0.3, -0.25) is 9.69 Å². The Hall–Kier alpha value is -2.60. The summed E-state index contributed by atoms with van der Waals surface area (Å²) in [6, 6.07) is 13.9. The molecular formula is C20H24FN3O2. The second kappa shape index (κ2) is 8.19. The molecule has 6 heteroatoms. The highest BCUT2D eigenvalue weighted by atomic mass is 19.1. The van der Waals surface area contributed by atoms with Crippen LogP contribution in [0.4, 0.5) is 15.8 Å². The predicted octanol–water partition coefficient (Wildman–Crippen LogP) is 2.98. The average Bonchev–Trinajstić information content (AvgIpc) is 2.60. The maximum Gasteiger partial charge on any atom is 0.238 e. The Balaban J connectivity index is 1.55. The Morgan fingerprint density at radius 2 is 2.12 bits per heavy atom. The Morgan fingerprint density at radius 1 is 1.31 bits per heavy atom. The maximum atomic E-state index is 13.2. The van der Waals surface area contributed by atoms with E-state index in [0.717, 1.165) is 24.5 Å². The monoisotopic (exact) mass is 357 g/mol. The van der Waals surface area contributed by atoms with Crippen LogP contribution in [0.15, 0.2) is 48.5 Å². The van der Waals surface area contributed by atoms with Crippen LogP contribution in [-0.4, -0.2) is 50.1 Å². The third-order valence-corrected chi connectivity index (χ3v) is 4.34. The maximum absolute atomic E-state index is 13.2. The van der Waals surface area contributed by atoms with Gasteiger partial charge in [0.25, 0.3) is 0 Å². The van der Waals surface area contributed by atoms with Crippen molar-refractivity contribution in [2.75, 3.05) is 43.4 Å². The number of benzene rings is 2. The molecule has 1 N–H and O–H groups in total. The van der Waals surface area contributed by atoms with Crippen LogP contribution in [0.1, 0.15) is 6.92 Å². The second-order valence-corrected chi connectivity index (χ2v) is 6.50. The van der Waals surface area contributed by atoms with Crippen LogP contribution in [-0.2, 0) is 4.79 Å². The summed E-state index contributed by atoms with van der Waals surface area (Å²) in [7, 11) is 1.88. The first-order valence-corrected chi connectivity index (χ1v) is 8.79. The number of hydrogen-bond acceptors (Lipinski definition) is 4. The van der Waals surface area contributed by atoms with Gasteiger partial charge in [-0.1, -0.05) is 18.2 Å². The van der Waals surface area contributed by atoms with Gasteiger partial charge < -0.3 is 15.0 Å². The molecule has 1 aliphatic rings. The van der Waals surface area contributed by atoms with E-state index in [9.17, 15) is 9.18 Å². The van der Waals surface area contributed by atoms with Gasteiger partial charge in [-0.15, -0.1) is 0 Å². The van der Waals surface area contributed by atoms with Crippen LogP contribution in [0.2, 0.25) is 0 Å². The van der Waals surface area contributed by atoms with Crippen molar-refractivity contribution in [3.8, 4) is 5.75 Å². The summed E-state index contributed by atoms with van der Waals surface area (Å²) in [5.41, 5.74) is 1.57. The fraction of sp³-hybridized carbons (Fsp3) is 0.350. The first kappa shape index (κ1) is 18.2. The second-order valence-electron chi connectivity index (χ2n) is 6.50. The van der Waals surface area contributed by atoms with E-state index in [1.807, 2.05) is 30.1 Å². The van der Waals surface area contributed by atoms with Gasteiger partial charge in [0, 0.05) is 18.8 Å².